The van der Waals surface area contributed by atoms with Crippen LogP contribution in [0.4, 0.5) is 4.79 Å². The van der Waals surface area contributed by atoms with E-state index in [4.69, 9.17) is 9.47 Å². The second-order valence-electron chi connectivity index (χ2n) is 8.42. The maximum atomic E-state index is 13.5. The molecular formula is C24H27NO5. The summed E-state index contributed by atoms with van der Waals surface area (Å²) in [6.45, 7) is 7.09. The molecule has 6 nitrogen and oxygen atoms in total. The molecule has 2 aromatic rings. The molecule has 0 radical (unpaired) electrons. The molecule has 6 heteroatoms. The van der Waals surface area contributed by atoms with Crippen molar-refractivity contribution in [2.24, 2.45) is 0 Å². The normalized spacial score (nSPS) is 19.9. The number of esters is 1. The van der Waals surface area contributed by atoms with Gasteiger partial charge in [0.15, 0.2) is 0 Å². The van der Waals surface area contributed by atoms with Crippen LogP contribution >= 0.6 is 0 Å². The Morgan fingerprint density at radius 1 is 1.03 bits per heavy atom. The number of benzene rings is 2. The molecule has 0 spiro atoms. The van der Waals surface area contributed by atoms with Gasteiger partial charge in [-0.3, -0.25) is 9.59 Å². The molecule has 1 saturated heterocycles. The SMILES string of the molecule is C[C@H]1[C@@H](c2ccccc2)OC(=O)N1C(=O)[C@@H](CC(=O)OC(C)(C)C)c1ccccc1. The van der Waals surface area contributed by atoms with Crippen LogP contribution < -0.4 is 0 Å². The van der Waals surface area contributed by atoms with Gasteiger partial charge in [0, 0.05) is 0 Å². The maximum Gasteiger partial charge on any atom is 0.417 e. The Kier molecular flexibility index (Phi) is 6.25. The number of hydrogen-bond acceptors (Lipinski definition) is 5. The molecule has 0 saturated carbocycles. The molecule has 30 heavy (non-hydrogen) atoms. The third kappa shape index (κ3) is 4.87. The summed E-state index contributed by atoms with van der Waals surface area (Å²) in [6.07, 6.45) is -1.42. The molecule has 2 aromatic carbocycles. The van der Waals surface area contributed by atoms with Crippen molar-refractivity contribution in [2.75, 3.05) is 0 Å². The first-order chi connectivity index (χ1) is 14.2. The van der Waals surface area contributed by atoms with E-state index in [0.717, 1.165) is 10.5 Å². The quantitative estimate of drug-likeness (QED) is 0.674. The van der Waals surface area contributed by atoms with Crippen LogP contribution in [0.3, 0.4) is 0 Å². The van der Waals surface area contributed by atoms with Crippen LogP contribution in [-0.4, -0.2) is 34.5 Å². The molecule has 0 aromatic heterocycles. The average Bonchev–Trinajstić information content (AvgIpc) is 3.00. The second-order valence-corrected chi connectivity index (χ2v) is 8.42. The average molecular weight is 409 g/mol. The highest BCUT2D eigenvalue weighted by Crippen LogP contribution is 2.35. The fraction of sp³-hybridized carbons (Fsp3) is 0.375. The van der Waals surface area contributed by atoms with Crippen LogP contribution in [0.25, 0.3) is 0 Å². The minimum absolute atomic E-state index is 0.160. The van der Waals surface area contributed by atoms with Gasteiger partial charge in [0.2, 0.25) is 5.91 Å². The van der Waals surface area contributed by atoms with Crippen molar-refractivity contribution >= 4 is 18.0 Å². The molecular weight excluding hydrogens is 382 g/mol. The summed E-state index contributed by atoms with van der Waals surface area (Å²) in [4.78, 5) is 39.7. The van der Waals surface area contributed by atoms with Crippen molar-refractivity contribution in [1.29, 1.82) is 0 Å². The molecule has 1 aliphatic rings. The predicted molar refractivity (Wildman–Crippen MR) is 112 cm³/mol. The largest absolute Gasteiger partial charge is 0.460 e. The van der Waals surface area contributed by atoms with Crippen LogP contribution in [0.2, 0.25) is 0 Å². The third-order valence-electron chi connectivity index (χ3n) is 4.93. The fourth-order valence-electron chi connectivity index (χ4n) is 3.60. The first-order valence-corrected chi connectivity index (χ1v) is 10.0. The lowest BCUT2D eigenvalue weighted by Gasteiger charge is -2.26. The van der Waals surface area contributed by atoms with Gasteiger partial charge in [-0.15, -0.1) is 0 Å². The highest BCUT2D eigenvalue weighted by molar-refractivity contribution is 5.99. The van der Waals surface area contributed by atoms with E-state index in [0.29, 0.717) is 5.56 Å². The molecule has 0 aliphatic carbocycles. The van der Waals surface area contributed by atoms with Crippen LogP contribution in [0.15, 0.2) is 60.7 Å². The fourth-order valence-corrected chi connectivity index (χ4v) is 3.60. The van der Waals surface area contributed by atoms with Gasteiger partial charge < -0.3 is 9.47 Å². The Morgan fingerprint density at radius 2 is 1.60 bits per heavy atom. The molecule has 0 bridgehead atoms. The van der Waals surface area contributed by atoms with Crippen LogP contribution in [0.1, 0.15) is 57.3 Å². The van der Waals surface area contributed by atoms with Crippen LogP contribution in [0, 0.1) is 0 Å². The molecule has 3 atom stereocenters. The summed E-state index contributed by atoms with van der Waals surface area (Å²) in [5, 5.41) is 0. The number of cyclic esters (lactones) is 1. The predicted octanol–water partition coefficient (Wildman–Crippen LogP) is 4.61. The number of nitrogens with zero attached hydrogens (tertiary/aromatic N) is 1. The monoisotopic (exact) mass is 409 g/mol. The molecule has 3 rings (SSSR count). The van der Waals surface area contributed by atoms with E-state index in [-0.39, 0.29) is 6.42 Å². The lowest BCUT2D eigenvalue weighted by atomic mass is 9.93. The number of hydrogen-bond donors (Lipinski definition) is 0. The summed E-state index contributed by atoms with van der Waals surface area (Å²) in [5.74, 6) is -1.81. The molecule has 1 heterocycles. The molecule has 2 amide bonds. The Morgan fingerprint density at radius 3 is 2.17 bits per heavy atom. The summed E-state index contributed by atoms with van der Waals surface area (Å²) in [6, 6.07) is 17.8. The number of rotatable bonds is 5. The van der Waals surface area contributed by atoms with Gasteiger partial charge in [0.1, 0.15) is 11.7 Å². The molecule has 158 valence electrons. The second kappa shape index (κ2) is 8.69. The number of carbonyl (C=O) groups is 3. The first kappa shape index (κ1) is 21.6. The minimum Gasteiger partial charge on any atom is -0.460 e. The van der Waals surface area contributed by atoms with E-state index < -0.39 is 41.6 Å². The van der Waals surface area contributed by atoms with E-state index in [9.17, 15) is 14.4 Å². The van der Waals surface area contributed by atoms with Gasteiger partial charge in [-0.05, 0) is 38.8 Å². The number of carbonyl (C=O) groups excluding carboxylic acids is 3. The third-order valence-corrected chi connectivity index (χ3v) is 4.93. The van der Waals surface area contributed by atoms with E-state index >= 15 is 0 Å². The van der Waals surface area contributed by atoms with E-state index in [1.807, 2.05) is 36.4 Å². The number of ether oxygens (including phenoxy) is 2. The van der Waals surface area contributed by atoms with Crippen molar-refractivity contribution in [3.63, 3.8) is 0 Å². The van der Waals surface area contributed by atoms with Gasteiger partial charge in [0.25, 0.3) is 0 Å². The van der Waals surface area contributed by atoms with Crippen LogP contribution in [0.5, 0.6) is 0 Å². The highest BCUT2D eigenvalue weighted by atomic mass is 16.6. The van der Waals surface area contributed by atoms with E-state index in [1.54, 1.807) is 52.0 Å². The summed E-state index contributed by atoms with van der Waals surface area (Å²) in [7, 11) is 0. The summed E-state index contributed by atoms with van der Waals surface area (Å²) < 4.78 is 10.9. The molecule has 0 unspecified atom stereocenters. The molecule has 1 aliphatic heterocycles. The topological polar surface area (TPSA) is 72.9 Å². The summed E-state index contributed by atoms with van der Waals surface area (Å²) >= 11 is 0. The minimum atomic E-state index is -0.842. The summed E-state index contributed by atoms with van der Waals surface area (Å²) in [5.41, 5.74) is 0.799. The Bertz CT molecular complexity index is 904. The van der Waals surface area contributed by atoms with E-state index in [1.165, 1.54) is 0 Å². The number of imide groups is 1. The Balaban J connectivity index is 1.87. The highest BCUT2D eigenvalue weighted by Gasteiger charge is 2.46. The van der Waals surface area contributed by atoms with E-state index in [2.05, 4.69) is 0 Å². The zero-order valence-electron chi connectivity index (χ0n) is 17.7. The first-order valence-electron chi connectivity index (χ1n) is 10.0. The lowest BCUT2D eigenvalue weighted by Crippen LogP contribution is -2.41. The smallest absolute Gasteiger partial charge is 0.417 e. The van der Waals surface area contributed by atoms with Gasteiger partial charge >= 0.3 is 12.1 Å². The number of amides is 2. The maximum absolute atomic E-state index is 13.5. The molecule has 0 N–H and O–H groups in total. The van der Waals surface area contributed by atoms with Gasteiger partial charge in [-0.1, -0.05) is 60.7 Å². The van der Waals surface area contributed by atoms with Gasteiger partial charge in [-0.2, -0.15) is 0 Å². The van der Waals surface area contributed by atoms with Crippen molar-refractivity contribution in [3.8, 4) is 0 Å². The van der Waals surface area contributed by atoms with Gasteiger partial charge in [-0.25, -0.2) is 9.69 Å². The van der Waals surface area contributed by atoms with Crippen molar-refractivity contribution in [3.05, 3.63) is 71.8 Å². The Labute approximate surface area is 176 Å². The van der Waals surface area contributed by atoms with Crippen molar-refractivity contribution in [1.82, 2.24) is 4.90 Å². The van der Waals surface area contributed by atoms with Crippen molar-refractivity contribution in [2.45, 2.75) is 57.8 Å². The lowest BCUT2D eigenvalue weighted by molar-refractivity contribution is -0.157. The Hall–Kier alpha value is -3.15. The van der Waals surface area contributed by atoms with Crippen LogP contribution in [-0.2, 0) is 19.1 Å². The molecule has 1 fully saturated rings. The van der Waals surface area contributed by atoms with Crippen molar-refractivity contribution < 1.29 is 23.9 Å². The zero-order valence-corrected chi connectivity index (χ0v) is 17.7. The standard InChI is InChI=1S/C24H27NO5/c1-16-21(18-13-9-6-10-14-18)29-23(28)25(16)22(27)19(17-11-7-5-8-12-17)15-20(26)30-24(2,3)4/h5-14,16,19,21H,15H2,1-4H3/t16-,19-,21-/m0/s1. The zero-order chi connectivity index (χ0) is 21.9. The van der Waals surface area contributed by atoms with Gasteiger partial charge in [0.05, 0.1) is 18.4 Å².